The molecule has 1 aliphatic rings. The number of aliphatic hydroxyl groups is 1. The van der Waals surface area contributed by atoms with Gasteiger partial charge >= 0.3 is 0 Å². The van der Waals surface area contributed by atoms with Crippen molar-refractivity contribution >= 4 is 5.91 Å². The predicted molar refractivity (Wildman–Crippen MR) is 68.3 cm³/mol. The normalized spacial score (nSPS) is 15.9. The molecule has 0 spiro atoms. The third-order valence-electron chi connectivity index (χ3n) is 3.43. The lowest BCUT2D eigenvalue weighted by Gasteiger charge is -2.14. The van der Waals surface area contributed by atoms with Crippen LogP contribution in [0.4, 0.5) is 4.39 Å². The highest BCUT2D eigenvalue weighted by molar-refractivity contribution is 5.77. The highest BCUT2D eigenvalue weighted by atomic mass is 19.1. The monoisotopic (exact) mass is 267 g/mol. The minimum absolute atomic E-state index is 0.0866. The molecular formula is C14H18FNO3. The molecule has 1 fully saturated rings. The number of amides is 1. The fourth-order valence-corrected chi connectivity index (χ4v) is 1.97. The number of nitrogens with one attached hydrogen (secondary N) is 1. The van der Waals surface area contributed by atoms with Crippen molar-refractivity contribution < 1.29 is 19.0 Å². The lowest BCUT2D eigenvalue weighted by Crippen LogP contribution is -2.34. The Kier molecular flexibility index (Phi) is 4.37. The summed E-state index contributed by atoms with van der Waals surface area (Å²) in [5.41, 5.74) is 0.0866. The molecule has 1 aromatic carbocycles. The molecule has 104 valence electrons. The Labute approximate surface area is 111 Å². The Hall–Kier alpha value is -1.62. The number of hydrogen-bond acceptors (Lipinski definition) is 3. The Bertz CT molecular complexity index is 446. The van der Waals surface area contributed by atoms with E-state index in [0.29, 0.717) is 12.3 Å². The van der Waals surface area contributed by atoms with Gasteiger partial charge in [-0.2, -0.15) is 0 Å². The predicted octanol–water partition coefficient (Wildman–Crippen LogP) is 1.48. The zero-order valence-corrected chi connectivity index (χ0v) is 10.7. The third-order valence-corrected chi connectivity index (χ3v) is 3.43. The summed E-state index contributed by atoms with van der Waals surface area (Å²) in [6, 6.07) is 5.69. The van der Waals surface area contributed by atoms with E-state index in [4.69, 9.17) is 9.84 Å². The van der Waals surface area contributed by atoms with Crippen molar-refractivity contribution in [3.05, 3.63) is 30.1 Å². The van der Waals surface area contributed by atoms with E-state index in [9.17, 15) is 9.18 Å². The number of halogens is 1. The van der Waals surface area contributed by atoms with E-state index >= 15 is 0 Å². The van der Waals surface area contributed by atoms with Crippen LogP contribution in [0.25, 0.3) is 0 Å². The Morgan fingerprint density at radius 1 is 1.47 bits per heavy atom. The average Bonchev–Trinajstić information content (AvgIpc) is 3.15. The van der Waals surface area contributed by atoms with E-state index in [-0.39, 0.29) is 24.5 Å². The van der Waals surface area contributed by atoms with Gasteiger partial charge in [-0.05, 0) is 36.8 Å². The van der Waals surface area contributed by atoms with Crippen molar-refractivity contribution in [2.45, 2.75) is 19.3 Å². The van der Waals surface area contributed by atoms with Gasteiger partial charge in [0.15, 0.2) is 6.61 Å². The highest BCUT2D eigenvalue weighted by Crippen LogP contribution is 2.47. The van der Waals surface area contributed by atoms with E-state index in [0.717, 1.165) is 19.3 Å². The van der Waals surface area contributed by atoms with Gasteiger partial charge in [-0.25, -0.2) is 4.39 Å². The Morgan fingerprint density at radius 2 is 2.26 bits per heavy atom. The maximum absolute atomic E-state index is 12.9. The van der Waals surface area contributed by atoms with Crippen LogP contribution in [0.15, 0.2) is 24.3 Å². The molecule has 1 aliphatic carbocycles. The van der Waals surface area contributed by atoms with Gasteiger partial charge in [0.05, 0.1) is 0 Å². The highest BCUT2D eigenvalue weighted by Gasteiger charge is 2.41. The molecule has 0 unspecified atom stereocenters. The van der Waals surface area contributed by atoms with Crippen molar-refractivity contribution in [1.82, 2.24) is 5.32 Å². The topological polar surface area (TPSA) is 58.6 Å². The van der Waals surface area contributed by atoms with Gasteiger partial charge in [-0.3, -0.25) is 4.79 Å². The molecule has 19 heavy (non-hydrogen) atoms. The molecule has 0 aromatic heterocycles. The molecule has 0 atom stereocenters. The second-order valence-corrected chi connectivity index (χ2v) is 5.00. The molecule has 0 saturated heterocycles. The number of aliphatic hydroxyl groups excluding tert-OH is 1. The van der Waals surface area contributed by atoms with E-state index in [1.54, 1.807) is 6.07 Å². The minimum Gasteiger partial charge on any atom is -0.484 e. The van der Waals surface area contributed by atoms with Crippen molar-refractivity contribution in [2.75, 3.05) is 19.8 Å². The zero-order chi connectivity index (χ0) is 13.7. The summed E-state index contributed by atoms with van der Waals surface area (Å²) in [5, 5.41) is 11.7. The van der Waals surface area contributed by atoms with Crippen LogP contribution >= 0.6 is 0 Å². The summed E-state index contributed by atoms with van der Waals surface area (Å²) in [4.78, 5) is 11.6. The van der Waals surface area contributed by atoms with Crippen molar-refractivity contribution in [3.63, 3.8) is 0 Å². The average molecular weight is 267 g/mol. The van der Waals surface area contributed by atoms with E-state index in [2.05, 4.69) is 5.32 Å². The number of hydrogen-bond donors (Lipinski definition) is 2. The fraction of sp³-hybridized carbons (Fsp3) is 0.500. The molecule has 1 saturated carbocycles. The lowest BCUT2D eigenvalue weighted by molar-refractivity contribution is -0.123. The summed E-state index contributed by atoms with van der Waals surface area (Å²) in [7, 11) is 0. The molecule has 0 heterocycles. The Balaban J connectivity index is 1.70. The second-order valence-electron chi connectivity index (χ2n) is 5.00. The van der Waals surface area contributed by atoms with Crippen LogP contribution in [0.2, 0.25) is 0 Å². The molecular weight excluding hydrogens is 249 g/mol. The largest absolute Gasteiger partial charge is 0.484 e. The number of benzene rings is 1. The summed E-state index contributed by atoms with van der Waals surface area (Å²) in [6.45, 7) is 0.591. The number of rotatable bonds is 7. The maximum Gasteiger partial charge on any atom is 0.257 e. The first kappa shape index (κ1) is 13.8. The zero-order valence-electron chi connectivity index (χ0n) is 10.7. The first-order valence-corrected chi connectivity index (χ1v) is 6.39. The quantitative estimate of drug-likeness (QED) is 0.786. The van der Waals surface area contributed by atoms with Gasteiger partial charge < -0.3 is 15.2 Å². The van der Waals surface area contributed by atoms with E-state index in [1.165, 1.54) is 18.2 Å². The number of carbonyl (C=O) groups is 1. The van der Waals surface area contributed by atoms with Crippen LogP contribution < -0.4 is 10.1 Å². The van der Waals surface area contributed by atoms with Gasteiger partial charge in [0.1, 0.15) is 11.6 Å². The van der Waals surface area contributed by atoms with Crippen LogP contribution in [0, 0.1) is 11.2 Å². The summed E-state index contributed by atoms with van der Waals surface area (Å²) in [5.74, 6) is -0.280. The Morgan fingerprint density at radius 3 is 2.89 bits per heavy atom. The minimum atomic E-state index is -0.391. The molecule has 2 rings (SSSR count). The lowest BCUT2D eigenvalue weighted by atomic mass is 10.0. The van der Waals surface area contributed by atoms with Crippen LogP contribution in [-0.4, -0.2) is 30.8 Å². The summed E-state index contributed by atoms with van der Waals surface area (Å²) in [6.07, 6.45) is 2.80. The van der Waals surface area contributed by atoms with Crippen LogP contribution in [0.3, 0.4) is 0 Å². The summed E-state index contributed by atoms with van der Waals surface area (Å²) >= 11 is 0. The van der Waals surface area contributed by atoms with Crippen molar-refractivity contribution in [2.24, 2.45) is 5.41 Å². The third kappa shape index (κ3) is 4.21. The van der Waals surface area contributed by atoms with Crippen LogP contribution in [0.5, 0.6) is 5.75 Å². The molecule has 0 aliphatic heterocycles. The van der Waals surface area contributed by atoms with Gasteiger partial charge in [-0.15, -0.1) is 0 Å². The van der Waals surface area contributed by atoms with E-state index < -0.39 is 5.82 Å². The smallest absolute Gasteiger partial charge is 0.257 e. The second kappa shape index (κ2) is 6.02. The molecule has 5 heteroatoms. The first-order chi connectivity index (χ1) is 9.13. The van der Waals surface area contributed by atoms with Crippen LogP contribution in [0.1, 0.15) is 19.3 Å². The van der Waals surface area contributed by atoms with Gasteiger partial charge in [-0.1, -0.05) is 6.07 Å². The maximum atomic E-state index is 12.9. The molecule has 1 amide bonds. The standard InChI is InChI=1S/C14H18FNO3/c15-11-2-1-3-12(8-11)19-9-13(18)16-10-14(4-5-14)6-7-17/h1-3,8,17H,4-7,9-10H2,(H,16,18). The van der Waals surface area contributed by atoms with Crippen molar-refractivity contribution in [3.8, 4) is 5.75 Å². The van der Waals surface area contributed by atoms with Gasteiger partial charge in [0.2, 0.25) is 0 Å². The molecule has 0 bridgehead atoms. The summed E-state index contributed by atoms with van der Waals surface area (Å²) < 4.78 is 18.1. The SMILES string of the molecule is O=C(COc1cccc(F)c1)NCC1(CCO)CC1. The molecule has 4 nitrogen and oxygen atoms in total. The number of ether oxygens (including phenoxy) is 1. The molecule has 2 N–H and O–H groups in total. The molecule has 1 aromatic rings. The van der Waals surface area contributed by atoms with Crippen LogP contribution in [-0.2, 0) is 4.79 Å². The number of carbonyl (C=O) groups excluding carboxylic acids is 1. The fourth-order valence-electron chi connectivity index (χ4n) is 1.97. The van der Waals surface area contributed by atoms with Crippen molar-refractivity contribution in [1.29, 1.82) is 0 Å². The molecule has 0 radical (unpaired) electrons. The van der Waals surface area contributed by atoms with Gasteiger partial charge in [0, 0.05) is 19.2 Å². The van der Waals surface area contributed by atoms with E-state index in [1.807, 2.05) is 0 Å². The first-order valence-electron chi connectivity index (χ1n) is 6.39. The van der Waals surface area contributed by atoms with Gasteiger partial charge in [0.25, 0.3) is 5.91 Å².